The van der Waals surface area contributed by atoms with Crippen LogP contribution in [0.2, 0.25) is 5.02 Å². The van der Waals surface area contributed by atoms with Gasteiger partial charge in [-0.15, -0.1) is 0 Å². The summed E-state index contributed by atoms with van der Waals surface area (Å²) in [5, 5.41) is 11.2. The molecule has 4 rings (SSSR count). The minimum atomic E-state index is -0.810. The van der Waals surface area contributed by atoms with Crippen LogP contribution in [0.5, 0.6) is 5.88 Å². The van der Waals surface area contributed by atoms with Crippen LogP contribution >= 0.6 is 11.6 Å². The van der Waals surface area contributed by atoms with Crippen molar-refractivity contribution < 1.29 is 9.90 Å². The molecule has 0 atom stereocenters. The Kier molecular flexibility index (Phi) is 4.56. The van der Waals surface area contributed by atoms with Gasteiger partial charge < -0.3 is 5.11 Å². The van der Waals surface area contributed by atoms with E-state index in [4.69, 9.17) is 11.6 Å². The summed E-state index contributed by atoms with van der Waals surface area (Å²) in [5.41, 5.74) is 0.773. The number of nitrogens with zero attached hydrogens (tertiary/aromatic N) is 1. The number of ketones is 1. The molecule has 2 aromatic carbocycles. The van der Waals surface area contributed by atoms with Crippen LogP contribution in [0.15, 0.2) is 58.1 Å². The number of allylic oxidation sites excluding steroid dienone is 2. The van der Waals surface area contributed by atoms with Gasteiger partial charge in [-0.25, -0.2) is 9.36 Å². The number of benzene rings is 2. The number of carbonyl (C=O) groups is 1. The van der Waals surface area contributed by atoms with E-state index in [1.807, 2.05) is 12.1 Å². The van der Waals surface area contributed by atoms with Gasteiger partial charge in [0.1, 0.15) is 5.56 Å². The maximum Gasteiger partial charge on any atom is 0.335 e. The summed E-state index contributed by atoms with van der Waals surface area (Å²) in [6.45, 7) is 1.69. The van der Waals surface area contributed by atoms with Crippen molar-refractivity contribution in [3.8, 4) is 11.6 Å². The Morgan fingerprint density at radius 3 is 2.59 bits per heavy atom. The lowest BCUT2D eigenvalue weighted by atomic mass is 9.90. The molecule has 0 bridgehead atoms. The number of aromatic nitrogens is 2. The zero-order chi connectivity index (χ0) is 20.7. The molecule has 7 heteroatoms. The van der Waals surface area contributed by atoms with E-state index in [1.165, 1.54) is 12.2 Å². The van der Waals surface area contributed by atoms with E-state index in [2.05, 4.69) is 4.98 Å². The molecule has 0 saturated heterocycles. The van der Waals surface area contributed by atoms with Crippen molar-refractivity contribution in [1.82, 2.24) is 9.55 Å². The van der Waals surface area contributed by atoms with E-state index in [1.54, 1.807) is 43.3 Å². The third kappa shape index (κ3) is 3.13. The van der Waals surface area contributed by atoms with Crippen molar-refractivity contribution in [3.05, 3.63) is 96.7 Å². The largest absolute Gasteiger partial charge is 0.494 e. The second-order valence-electron chi connectivity index (χ2n) is 6.56. The van der Waals surface area contributed by atoms with Gasteiger partial charge in [-0.1, -0.05) is 48.0 Å². The van der Waals surface area contributed by atoms with E-state index < -0.39 is 17.1 Å². The Balaban J connectivity index is 2.00. The quantitative estimate of drug-likeness (QED) is 0.638. The van der Waals surface area contributed by atoms with E-state index >= 15 is 0 Å². The minimum Gasteiger partial charge on any atom is -0.494 e. The van der Waals surface area contributed by atoms with Crippen LogP contribution in [-0.2, 0) is 4.79 Å². The molecule has 1 aliphatic carbocycles. The van der Waals surface area contributed by atoms with Crippen molar-refractivity contribution in [2.24, 2.45) is 0 Å². The van der Waals surface area contributed by atoms with Gasteiger partial charge in [0.2, 0.25) is 5.88 Å². The molecule has 3 aromatic rings. The third-order valence-electron chi connectivity index (χ3n) is 4.82. The first-order chi connectivity index (χ1) is 13.9. The molecule has 0 aliphatic heterocycles. The second kappa shape index (κ2) is 7.07. The van der Waals surface area contributed by atoms with Crippen molar-refractivity contribution in [2.75, 3.05) is 0 Å². The molecular weight excluding hydrogens is 392 g/mol. The fourth-order valence-electron chi connectivity index (χ4n) is 3.30. The smallest absolute Gasteiger partial charge is 0.335 e. The molecule has 0 radical (unpaired) electrons. The summed E-state index contributed by atoms with van der Waals surface area (Å²) < 4.78 is 0.962. The number of carbonyl (C=O) groups excluding carboxylic acids is 1. The molecule has 0 unspecified atom stereocenters. The topological polar surface area (TPSA) is 92.2 Å². The fraction of sp³-hybridized carbons (Fsp3) is 0.0455. The van der Waals surface area contributed by atoms with Crippen molar-refractivity contribution >= 4 is 35.1 Å². The summed E-state index contributed by atoms with van der Waals surface area (Å²) in [5.74, 6) is -0.879. The van der Waals surface area contributed by atoms with Gasteiger partial charge in [0.05, 0.1) is 5.69 Å². The average Bonchev–Trinajstić information content (AvgIpc) is 2.69. The highest BCUT2D eigenvalue weighted by Gasteiger charge is 2.21. The molecule has 0 fully saturated rings. The summed E-state index contributed by atoms with van der Waals surface area (Å²) >= 11 is 6.14. The number of aromatic amines is 1. The van der Waals surface area contributed by atoms with Crippen molar-refractivity contribution in [2.45, 2.75) is 6.92 Å². The highest BCUT2D eigenvalue weighted by Crippen LogP contribution is 2.30. The van der Waals surface area contributed by atoms with Gasteiger partial charge in [0.15, 0.2) is 5.78 Å². The van der Waals surface area contributed by atoms with E-state index in [0.29, 0.717) is 21.8 Å². The zero-order valence-electron chi connectivity index (χ0n) is 15.3. The number of hydrogen-bond donors (Lipinski definition) is 2. The molecule has 29 heavy (non-hydrogen) atoms. The Hall–Kier alpha value is -3.64. The van der Waals surface area contributed by atoms with Crippen LogP contribution in [-0.4, -0.2) is 20.4 Å². The Bertz CT molecular complexity index is 1350. The van der Waals surface area contributed by atoms with Gasteiger partial charge in [0.25, 0.3) is 5.56 Å². The molecule has 0 spiro atoms. The van der Waals surface area contributed by atoms with Crippen molar-refractivity contribution in [1.29, 1.82) is 0 Å². The minimum absolute atomic E-state index is 0.197. The third-order valence-corrected chi connectivity index (χ3v) is 5.23. The number of fused-ring (bicyclic) bond motifs is 1. The first-order valence-corrected chi connectivity index (χ1v) is 9.13. The van der Waals surface area contributed by atoms with Crippen LogP contribution < -0.4 is 11.2 Å². The molecule has 1 aromatic heterocycles. The number of hydrogen-bond acceptors (Lipinski definition) is 4. The summed E-state index contributed by atoms with van der Waals surface area (Å²) in [6.07, 6.45) is 4.39. The number of H-pyrrole nitrogens is 1. The highest BCUT2D eigenvalue weighted by atomic mass is 35.5. The van der Waals surface area contributed by atoms with Gasteiger partial charge in [-0.3, -0.25) is 14.6 Å². The van der Waals surface area contributed by atoms with Crippen LogP contribution in [0.3, 0.4) is 0 Å². The molecule has 0 saturated carbocycles. The van der Waals surface area contributed by atoms with Gasteiger partial charge in [-0.05, 0) is 47.9 Å². The van der Waals surface area contributed by atoms with Crippen LogP contribution in [0.1, 0.15) is 22.3 Å². The summed E-state index contributed by atoms with van der Waals surface area (Å²) in [6, 6.07) is 12.1. The highest BCUT2D eigenvalue weighted by molar-refractivity contribution is 6.33. The lowest BCUT2D eigenvalue weighted by Crippen LogP contribution is -2.31. The van der Waals surface area contributed by atoms with Crippen LogP contribution in [0, 0.1) is 6.92 Å². The molecular formula is C22H15ClN2O4. The number of aromatic hydroxyl groups is 1. The average molecular weight is 407 g/mol. The Labute approximate surface area is 170 Å². The Morgan fingerprint density at radius 1 is 1.03 bits per heavy atom. The maximum absolute atomic E-state index is 12.5. The maximum atomic E-state index is 12.5. The first kappa shape index (κ1) is 18.7. The van der Waals surface area contributed by atoms with Gasteiger partial charge in [0, 0.05) is 10.6 Å². The zero-order valence-corrected chi connectivity index (χ0v) is 16.0. The molecule has 2 N–H and O–H groups in total. The first-order valence-electron chi connectivity index (χ1n) is 8.76. The molecule has 1 heterocycles. The molecule has 144 valence electrons. The monoisotopic (exact) mass is 406 g/mol. The van der Waals surface area contributed by atoms with Crippen molar-refractivity contribution in [3.63, 3.8) is 0 Å². The Morgan fingerprint density at radius 2 is 1.79 bits per heavy atom. The van der Waals surface area contributed by atoms with E-state index in [-0.39, 0.29) is 16.9 Å². The normalized spacial score (nSPS) is 14.3. The molecule has 6 nitrogen and oxygen atoms in total. The fourth-order valence-corrected chi connectivity index (χ4v) is 3.47. The summed E-state index contributed by atoms with van der Waals surface area (Å²) in [4.78, 5) is 39.6. The van der Waals surface area contributed by atoms with Crippen LogP contribution in [0.25, 0.3) is 23.4 Å². The second-order valence-corrected chi connectivity index (χ2v) is 6.97. The van der Waals surface area contributed by atoms with Gasteiger partial charge in [-0.2, -0.15) is 0 Å². The van der Waals surface area contributed by atoms with Gasteiger partial charge >= 0.3 is 5.69 Å². The molecule has 0 amide bonds. The predicted molar refractivity (Wildman–Crippen MR) is 112 cm³/mol. The number of nitrogens with one attached hydrogen (secondary N) is 1. The van der Waals surface area contributed by atoms with E-state index in [0.717, 1.165) is 10.1 Å². The SMILES string of the molecule is Cc1c(Cl)cccc1-n1c(O)c(C=C2C(=O)C=Cc3ccccc32)c(=O)[nH]c1=O. The summed E-state index contributed by atoms with van der Waals surface area (Å²) in [7, 11) is 0. The molecule has 1 aliphatic rings. The number of halogens is 1. The lowest BCUT2D eigenvalue weighted by Gasteiger charge is -2.15. The van der Waals surface area contributed by atoms with E-state index in [9.17, 15) is 19.5 Å². The van der Waals surface area contributed by atoms with Crippen LogP contribution in [0.4, 0.5) is 0 Å². The standard InChI is InChI=1S/C22H15ClN2O4/c1-12-17(23)7-4-8-18(12)25-21(28)16(20(27)24-22(25)29)11-15-14-6-3-2-5-13(14)9-10-19(15)26/h2-11,28H,1H3,(H,24,27,29). The lowest BCUT2D eigenvalue weighted by molar-refractivity contribution is -0.109. The predicted octanol–water partition coefficient (Wildman–Crippen LogP) is 3.33. The number of rotatable bonds is 2.